The van der Waals surface area contributed by atoms with Crippen LogP contribution in [0.2, 0.25) is 0 Å². The van der Waals surface area contributed by atoms with Gasteiger partial charge in [0.2, 0.25) is 0 Å². The zero-order valence-electron chi connectivity index (χ0n) is 14.0. The van der Waals surface area contributed by atoms with Gasteiger partial charge in [-0.05, 0) is 33.3 Å². The van der Waals surface area contributed by atoms with E-state index in [0.29, 0.717) is 6.42 Å². The number of nitrogens with zero attached hydrogens (tertiary/aromatic N) is 3. The predicted molar refractivity (Wildman–Crippen MR) is 85.8 cm³/mol. The van der Waals surface area contributed by atoms with Gasteiger partial charge in [-0.3, -0.25) is 20.0 Å². The molecule has 0 radical (unpaired) electrons. The number of nitrogens with one attached hydrogen (secondary N) is 1. The molecule has 0 fully saturated rings. The van der Waals surface area contributed by atoms with Crippen LogP contribution in [-0.2, 0) is 4.74 Å². The van der Waals surface area contributed by atoms with Gasteiger partial charge in [-0.2, -0.15) is 0 Å². The minimum atomic E-state index is -0.649. The molecular formula is C15H22N4O4. The van der Waals surface area contributed by atoms with Crippen LogP contribution in [-0.4, -0.2) is 45.3 Å². The van der Waals surface area contributed by atoms with Crippen molar-refractivity contribution >= 4 is 17.5 Å². The van der Waals surface area contributed by atoms with Crippen LogP contribution < -0.4 is 0 Å². The van der Waals surface area contributed by atoms with Crippen molar-refractivity contribution in [2.24, 2.45) is 0 Å². The van der Waals surface area contributed by atoms with Crippen LogP contribution in [0, 0.1) is 15.5 Å². The normalized spacial score (nSPS) is 12.4. The second-order valence-electron chi connectivity index (χ2n) is 6.00. The first-order chi connectivity index (χ1) is 10.6. The quantitative estimate of drug-likeness (QED) is 0.509. The lowest BCUT2D eigenvalue weighted by Gasteiger charge is -2.40. The number of carbonyl (C=O) groups is 1. The number of rotatable bonds is 5. The first-order valence-electron chi connectivity index (χ1n) is 7.19. The summed E-state index contributed by atoms with van der Waals surface area (Å²) in [7, 11) is 1.27. The molecule has 1 amide bonds. The van der Waals surface area contributed by atoms with Crippen molar-refractivity contribution in [1.29, 1.82) is 5.41 Å². The van der Waals surface area contributed by atoms with E-state index in [1.165, 1.54) is 24.3 Å². The molecule has 8 heteroatoms. The molecule has 1 heterocycles. The van der Waals surface area contributed by atoms with Crippen LogP contribution in [0.4, 0.5) is 10.5 Å². The lowest BCUT2D eigenvalue weighted by atomic mass is 9.95. The van der Waals surface area contributed by atoms with Gasteiger partial charge in [0.25, 0.3) is 5.69 Å². The number of aromatic nitrogens is 1. The fourth-order valence-electron chi connectivity index (χ4n) is 2.42. The lowest BCUT2D eigenvalue weighted by Crippen LogP contribution is -2.54. The Hall–Kier alpha value is -2.51. The first kappa shape index (κ1) is 18.5. The number of amides is 1. The minimum Gasteiger partial charge on any atom is -0.453 e. The van der Waals surface area contributed by atoms with Crippen molar-refractivity contribution in [3.8, 4) is 0 Å². The highest BCUT2D eigenvalue weighted by Crippen LogP contribution is 2.26. The van der Waals surface area contributed by atoms with E-state index >= 15 is 0 Å². The monoisotopic (exact) mass is 322 g/mol. The Balaban J connectivity index is 3.36. The van der Waals surface area contributed by atoms with Crippen molar-refractivity contribution in [3.63, 3.8) is 0 Å². The average molecular weight is 322 g/mol. The molecule has 0 bridgehead atoms. The number of pyridine rings is 1. The smallest absolute Gasteiger partial charge is 0.410 e. The molecule has 1 atom stereocenters. The highest BCUT2D eigenvalue weighted by molar-refractivity contribution is 6.06. The third-order valence-corrected chi connectivity index (χ3v) is 3.41. The molecule has 0 saturated carbocycles. The molecule has 0 saturated heterocycles. The molecule has 8 nitrogen and oxygen atoms in total. The molecule has 23 heavy (non-hydrogen) atoms. The van der Waals surface area contributed by atoms with Gasteiger partial charge in [-0.25, -0.2) is 4.79 Å². The summed E-state index contributed by atoms with van der Waals surface area (Å²) in [6.45, 7) is 7.27. The van der Waals surface area contributed by atoms with Gasteiger partial charge >= 0.3 is 6.09 Å². The molecule has 0 aliphatic carbocycles. The molecule has 1 rings (SSSR count). The molecule has 1 N–H and O–H groups in total. The summed E-state index contributed by atoms with van der Waals surface area (Å²) in [6, 6.07) is 0.768. The number of carbonyl (C=O) groups excluding carboxylic acids is 1. The zero-order valence-corrected chi connectivity index (χ0v) is 14.0. The second-order valence-corrected chi connectivity index (χ2v) is 6.00. The van der Waals surface area contributed by atoms with Crippen molar-refractivity contribution in [2.75, 3.05) is 7.11 Å². The molecule has 0 aromatic carbocycles. The van der Waals surface area contributed by atoms with Crippen LogP contribution in [0.1, 0.15) is 39.7 Å². The molecule has 1 aromatic heterocycles. The standard InChI is InChI=1S/C15H22N4O4/c1-6-11(18(14(20)23-5)15(2,3)4)13(16)10-7-8-17-9-12(10)19(21)22/h7-9,11,16H,6H2,1-5H3/t11-/m1/s1. The summed E-state index contributed by atoms with van der Waals surface area (Å²) in [6.07, 6.45) is 2.34. The predicted octanol–water partition coefficient (Wildman–Crippen LogP) is 3.00. The largest absolute Gasteiger partial charge is 0.453 e. The minimum absolute atomic E-state index is 0.0121. The summed E-state index contributed by atoms with van der Waals surface area (Å²) in [5.41, 5.74) is -0.728. The van der Waals surface area contributed by atoms with Crippen molar-refractivity contribution in [2.45, 2.75) is 45.7 Å². The fourth-order valence-corrected chi connectivity index (χ4v) is 2.42. The van der Waals surface area contributed by atoms with E-state index < -0.39 is 22.6 Å². The van der Waals surface area contributed by atoms with Crippen LogP contribution in [0.5, 0.6) is 0 Å². The molecular weight excluding hydrogens is 300 g/mol. The number of methoxy groups -OCH3 is 1. The first-order valence-corrected chi connectivity index (χ1v) is 7.19. The Kier molecular flexibility index (Phi) is 5.78. The Morgan fingerprint density at radius 3 is 2.57 bits per heavy atom. The van der Waals surface area contributed by atoms with Gasteiger partial charge in [0.1, 0.15) is 6.20 Å². The van der Waals surface area contributed by atoms with E-state index in [0.717, 1.165) is 6.20 Å². The maximum Gasteiger partial charge on any atom is 0.410 e. The molecule has 1 aromatic rings. The van der Waals surface area contributed by atoms with Crippen LogP contribution in [0.15, 0.2) is 18.5 Å². The van der Waals surface area contributed by atoms with Gasteiger partial charge in [0.15, 0.2) is 0 Å². The van der Waals surface area contributed by atoms with Crippen LogP contribution >= 0.6 is 0 Å². The average Bonchev–Trinajstić information content (AvgIpc) is 2.49. The van der Waals surface area contributed by atoms with Crippen molar-refractivity contribution in [3.05, 3.63) is 34.1 Å². The Morgan fingerprint density at radius 1 is 1.52 bits per heavy atom. The zero-order chi connectivity index (χ0) is 17.8. The summed E-state index contributed by atoms with van der Waals surface area (Å²) >= 11 is 0. The lowest BCUT2D eigenvalue weighted by molar-refractivity contribution is -0.385. The molecule has 0 spiro atoms. The topological polar surface area (TPSA) is 109 Å². The number of hydrogen-bond donors (Lipinski definition) is 1. The molecule has 0 aliphatic heterocycles. The van der Waals surface area contributed by atoms with Gasteiger partial charge in [-0.15, -0.1) is 0 Å². The summed E-state index contributed by atoms with van der Waals surface area (Å²) < 4.78 is 4.83. The fraction of sp³-hybridized carbons (Fsp3) is 0.533. The van der Waals surface area contributed by atoms with Gasteiger partial charge in [0.05, 0.1) is 29.4 Å². The highest BCUT2D eigenvalue weighted by atomic mass is 16.6. The third kappa shape index (κ3) is 4.02. The van der Waals surface area contributed by atoms with Gasteiger partial charge in [0, 0.05) is 11.7 Å². The number of ether oxygens (including phenoxy) is 1. The molecule has 0 aliphatic rings. The second kappa shape index (κ2) is 7.17. The van der Waals surface area contributed by atoms with Crippen molar-refractivity contribution < 1.29 is 14.5 Å². The number of nitro groups is 1. The van der Waals surface area contributed by atoms with Crippen LogP contribution in [0.25, 0.3) is 0 Å². The van der Waals surface area contributed by atoms with Crippen molar-refractivity contribution in [1.82, 2.24) is 9.88 Å². The SMILES string of the molecule is CC[C@H](C(=N)c1ccncc1[N+](=O)[O-])N(C(=O)OC)C(C)(C)C. The van der Waals surface area contributed by atoms with E-state index in [2.05, 4.69) is 4.98 Å². The van der Waals surface area contributed by atoms with Crippen LogP contribution in [0.3, 0.4) is 0 Å². The van der Waals surface area contributed by atoms with E-state index in [1.807, 2.05) is 27.7 Å². The van der Waals surface area contributed by atoms with Gasteiger partial charge < -0.3 is 10.1 Å². The van der Waals surface area contributed by atoms with E-state index in [9.17, 15) is 14.9 Å². The molecule has 0 unspecified atom stereocenters. The molecule has 126 valence electrons. The van der Waals surface area contributed by atoms with Gasteiger partial charge in [-0.1, -0.05) is 6.92 Å². The summed E-state index contributed by atoms with van der Waals surface area (Å²) in [5, 5.41) is 19.6. The third-order valence-electron chi connectivity index (χ3n) is 3.41. The Labute approximate surface area is 135 Å². The van der Waals surface area contributed by atoms with E-state index in [1.54, 1.807) is 0 Å². The number of hydrogen-bond acceptors (Lipinski definition) is 6. The summed E-state index contributed by atoms with van der Waals surface area (Å²) in [4.78, 5) is 27.9. The highest BCUT2D eigenvalue weighted by Gasteiger charge is 2.37. The Morgan fingerprint density at radius 2 is 2.13 bits per heavy atom. The Bertz CT molecular complexity index is 610. The maximum atomic E-state index is 12.2. The maximum absolute atomic E-state index is 12.2. The van der Waals surface area contributed by atoms with E-state index in [-0.39, 0.29) is 17.0 Å². The van der Waals surface area contributed by atoms with E-state index in [4.69, 9.17) is 10.1 Å². The summed E-state index contributed by atoms with van der Waals surface area (Å²) in [5.74, 6) is 0.